The Labute approximate surface area is 160 Å². The normalized spacial score (nSPS) is 12.1. The number of nitrogens with one attached hydrogen (secondary N) is 1. The molecule has 0 radical (unpaired) electrons. The van der Waals surface area contributed by atoms with Gasteiger partial charge in [0.1, 0.15) is 5.75 Å². The van der Waals surface area contributed by atoms with Crippen molar-refractivity contribution in [1.82, 2.24) is 35.4 Å². The van der Waals surface area contributed by atoms with E-state index in [2.05, 4.69) is 30.6 Å². The molecule has 0 fully saturated rings. The molecular formula is C18H18N8O2. The lowest BCUT2D eigenvalue weighted by Crippen LogP contribution is -2.30. The number of ether oxygens (including phenoxy) is 1. The number of aliphatic hydroxyl groups is 1. The molecule has 0 aliphatic rings. The summed E-state index contributed by atoms with van der Waals surface area (Å²) in [5, 5.41) is 28.1. The molecule has 0 saturated heterocycles. The first-order valence-electron chi connectivity index (χ1n) is 8.60. The third-order valence-corrected chi connectivity index (χ3v) is 3.95. The van der Waals surface area contributed by atoms with Gasteiger partial charge in [0.2, 0.25) is 11.7 Å². The quantitative estimate of drug-likeness (QED) is 0.436. The predicted molar refractivity (Wildman–Crippen MR) is 100 cm³/mol. The van der Waals surface area contributed by atoms with Crippen LogP contribution in [-0.2, 0) is 6.54 Å². The number of tetrazole rings is 1. The van der Waals surface area contributed by atoms with Gasteiger partial charge < -0.3 is 15.6 Å². The van der Waals surface area contributed by atoms with Crippen molar-refractivity contribution in [3.8, 4) is 34.3 Å². The molecule has 4 aromatic rings. The molecular weight excluding hydrogens is 360 g/mol. The molecule has 0 bridgehead atoms. The number of nitrogens with zero attached hydrogens (tertiary/aromatic N) is 6. The lowest BCUT2D eigenvalue weighted by molar-refractivity contribution is 0.245. The van der Waals surface area contributed by atoms with E-state index in [0.717, 1.165) is 16.8 Å². The molecule has 10 nitrogen and oxygen atoms in total. The summed E-state index contributed by atoms with van der Waals surface area (Å²) in [6.45, 7) is 0.157. The van der Waals surface area contributed by atoms with Crippen molar-refractivity contribution < 1.29 is 9.84 Å². The molecule has 142 valence electrons. The number of aromatic amines is 1. The molecule has 0 aliphatic heterocycles. The largest absolute Gasteiger partial charge is 0.439 e. The van der Waals surface area contributed by atoms with E-state index in [1.807, 2.05) is 24.3 Å². The lowest BCUT2D eigenvalue weighted by atomic mass is 10.2. The number of pyridine rings is 1. The van der Waals surface area contributed by atoms with Crippen LogP contribution in [0.25, 0.3) is 22.6 Å². The molecule has 28 heavy (non-hydrogen) atoms. The lowest BCUT2D eigenvalue weighted by Gasteiger charge is -2.06. The van der Waals surface area contributed by atoms with Crippen molar-refractivity contribution in [2.75, 3.05) is 6.61 Å². The molecule has 0 saturated carbocycles. The highest BCUT2D eigenvalue weighted by molar-refractivity contribution is 5.58. The highest BCUT2D eigenvalue weighted by Crippen LogP contribution is 2.24. The fourth-order valence-electron chi connectivity index (χ4n) is 2.51. The first-order valence-corrected chi connectivity index (χ1v) is 8.60. The minimum absolute atomic E-state index is 0.139. The van der Waals surface area contributed by atoms with E-state index in [4.69, 9.17) is 15.6 Å². The Balaban J connectivity index is 1.42. The number of hydrogen-bond donors (Lipinski definition) is 3. The number of rotatable bonds is 7. The maximum absolute atomic E-state index is 9.00. The summed E-state index contributed by atoms with van der Waals surface area (Å²) < 4.78 is 5.77. The van der Waals surface area contributed by atoms with Gasteiger partial charge in [-0.2, -0.15) is 9.90 Å². The van der Waals surface area contributed by atoms with E-state index in [0.29, 0.717) is 24.0 Å². The van der Waals surface area contributed by atoms with E-state index in [1.165, 1.54) is 4.80 Å². The monoisotopic (exact) mass is 378 g/mol. The number of aliphatic hydroxyl groups excluding tert-OH is 1. The van der Waals surface area contributed by atoms with Crippen LogP contribution in [0.15, 0.2) is 54.9 Å². The average molecular weight is 378 g/mol. The average Bonchev–Trinajstić information content (AvgIpc) is 3.41. The minimum atomic E-state index is -0.426. The number of benzene rings is 1. The van der Waals surface area contributed by atoms with Gasteiger partial charge in [0.05, 0.1) is 18.8 Å². The van der Waals surface area contributed by atoms with Gasteiger partial charge in [-0.1, -0.05) is 0 Å². The van der Waals surface area contributed by atoms with Gasteiger partial charge in [0.25, 0.3) is 0 Å². The van der Waals surface area contributed by atoms with Crippen LogP contribution in [0.3, 0.4) is 0 Å². The Morgan fingerprint density at radius 3 is 2.61 bits per heavy atom. The molecule has 1 atom stereocenters. The standard InChI is InChI=1S/C18H18N8O2/c19-14(11-27)10-26-24-18(23-25-26)12-1-4-15(5-2-12)28-17-6-3-13(9-20-17)16-7-8-21-22-16/h1-9,14,27H,10-11,19H2,(H,21,22). The third-order valence-electron chi connectivity index (χ3n) is 3.95. The van der Waals surface area contributed by atoms with Crippen LogP contribution < -0.4 is 10.5 Å². The van der Waals surface area contributed by atoms with Crippen LogP contribution in [0, 0.1) is 0 Å². The molecule has 4 N–H and O–H groups in total. The number of aromatic nitrogens is 7. The van der Waals surface area contributed by atoms with Crippen molar-refractivity contribution >= 4 is 0 Å². The Kier molecular flexibility index (Phi) is 5.04. The zero-order valence-corrected chi connectivity index (χ0v) is 14.8. The second-order valence-electron chi connectivity index (χ2n) is 6.08. The summed E-state index contributed by atoms with van der Waals surface area (Å²) in [5.74, 6) is 1.59. The van der Waals surface area contributed by atoms with Gasteiger partial charge in [0, 0.05) is 35.6 Å². The zero-order valence-electron chi connectivity index (χ0n) is 14.8. The van der Waals surface area contributed by atoms with E-state index in [-0.39, 0.29) is 6.61 Å². The topological polar surface area (TPSA) is 141 Å². The minimum Gasteiger partial charge on any atom is -0.439 e. The molecule has 0 amide bonds. The van der Waals surface area contributed by atoms with Gasteiger partial charge >= 0.3 is 0 Å². The fraction of sp³-hybridized carbons (Fsp3) is 0.167. The van der Waals surface area contributed by atoms with E-state index in [1.54, 1.807) is 30.6 Å². The van der Waals surface area contributed by atoms with Crippen LogP contribution in [0.5, 0.6) is 11.6 Å². The van der Waals surface area contributed by atoms with Gasteiger partial charge in [0.15, 0.2) is 0 Å². The van der Waals surface area contributed by atoms with Crippen molar-refractivity contribution in [2.24, 2.45) is 5.73 Å². The fourth-order valence-corrected chi connectivity index (χ4v) is 2.51. The Morgan fingerprint density at radius 2 is 1.93 bits per heavy atom. The number of hydrogen-bond acceptors (Lipinski definition) is 8. The van der Waals surface area contributed by atoms with Gasteiger partial charge in [-0.05, 0) is 41.6 Å². The molecule has 1 aromatic carbocycles. The van der Waals surface area contributed by atoms with Crippen molar-refractivity contribution in [1.29, 1.82) is 0 Å². The second kappa shape index (κ2) is 7.94. The molecule has 10 heteroatoms. The number of nitrogens with two attached hydrogens (primary N) is 1. The summed E-state index contributed by atoms with van der Waals surface area (Å²) in [5.41, 5.74) is 8.19. The highest BCUT2D eigenvalue weighted by atomic mass is 16.5. The van der Waals surface area contributed by atoms with Gasteiger partial charge in [-0.15, -0.1) is 10.2 Å². The first-order chi connectivity index (χ1) is 13.7. The third kappa shape index (κ3) is 4.03. The molecule has 0 spiro atoms. The summed E-state index contributed by atoms with van der Waals surface area (Å²) >= 11 is 0. The molecule has 4 rings (SSSR count). The van der Waals surface area contributed by atoms with Crippen LogP contribution in [0.2, 0.25) is 0 Å². The van der Waals surface area contributed by atoms with Crippen LogP contribution in [-0.4, -0.2) is 53.1 Å². The Morgan fingerprint density at radius 1 is 1.11 bits per heavy atom. The van der Waals surface area contributed by atoms with E-state index < -0.39 is 6.04 Å². The predicted octanol–water partition coefficient (Wildman–Crippen LogP) is 1.24. The Hall–Kier alpha value is -3.63. The van der Waals surface area contributed by atoms with E-state index in [9.17, 15) is 0 Å². The summed E-state index contributed by atoms with van der Waals surface area (Å²) in [4.78, 5) is 5.67. The molecule has 1 unspecified atom stereocenters. The van der Waals surface area contributed by atoms with Crippen LogP contribution in [0.4, 0.5) is 0 Å². The van der Waals surface area contributed by atoms with Crippen molar-refractivity contribution in [3.05, 3.63) is 54.9 Å². The van der Waals surface area contributed by atoms with Crippen molar-refractivity contribution in [3.63, 3.8) is 0 Å². The molecule has 0 aliphatic carbocycles. The summed E-state index contributed by atoms with van der Waals surface area (Å²) in [7, 11) is 0. The SMILES string of the molecule is NC(CO)Cn1nnc(-c2ccc(Oc3ccc(-c4cc[nH]n4)cn3)cc2)n1. The maximum Gasteiger partial charge on any atom is 0.219 e. The summed E-state index contributed by atoms with van der Waals surface area (Å²) in [6, 6.07) is 12.4. The highest BCUT2D eigenvalue weighted by Gasteiger charge is 2.09. The van der Waals surface area contributed by atoms with E-state index >= 15 is 0 Å². The molecule has 3 heterocycles. The van der Waals surface area contributed by atoms with Gasteiger partial charge in [-0.25, -0.2) is 4.98 Å². The molecule has 3 aromatic heterocycles. The van der Waals surface area contributed by atoms with Crippen molar-refractivity contribution in [2.45, 2.75) is 12.6 Å². The first kappa shape index (κ1) is 17.8. The number of H-pyrrole nitrogens is 1. The smallest absolute Gasteiger partial charge is 0.219 e. The Bertz CT molecular complexity index is 1010. The van der Waals surface area contributed by atoms with Gasteiger partial charge in [-0.3, -0.25) is 5.10 Å². The zero-order chi connectivity index (χ0) is 19.3. The second-order valence-corrected chi connectivity index (χ2v) is 6.08. The van der Waals surface area contributed by atoms with Crippen LogP contribution in [0.1, 0.15) is 0 Å². The summed E-state index contributed by atoms with van der Waals surface area (Å²) in [6.07, 6.45) is 3.47. The maximum atomic E-state index is 9.00. The van der Waals surface area contributed by atoms with Crippen LogP contribution >= 0.6 is 0 Å².